The second kappa shape index (κ2) is 6.51. The third kappa shape index (κ3) is 3.44. The monoisotopic (exact) mass is 264 g/mol. The van der Waals surface area contributed by atoms with Crippen LogP contribution in [0.4, 0.5) is 0 Å². The molecule has 100 valence electrons. The molecule has 1 saturated carbocycles. The maximum atomic E-state index is 11.3. The minimum absolute atomic E-state index is 0.450. The molecule has 0 spiro atoms. The second-order valence-electron chi connectivity index (χ2n) is 5.62. The molecule has 2 unspecified atom stereocenters. The highest BCUT2D eigenvalue weighted by Gasteiger charge is 2.25. The van der Waals surface area contributed by atoms with E-state index < -0.39 is 0 Å². The molecule has 0 N–H and O–H groups in total. The molecule has 1 fully saturated rings. The summed E-state index contributed by atoms with van der Waals surface area (Å²) in [5, 5.41) is 0. The number of carbonyl (C=O) groups excluding carboxylic acids is 1. The number of Topliss-reactive ketones (excluding diaryl/α,β-unsaturated/α-hetero) is 1. The molecule has 0 radical (unpaired) electrons. The second-order valence-corrected chi connectivity index (χ2v) is 6.76. The van der Waals surface area contributed by atoms with E-state index in [0.29, 0.717) is 17.6 Å². The van der Waals surface area contributed by atoms with Crippen molar-refractivity contribution >= 4 is 17.1 Å². The lowest BCUT2D eigenvalue weighted by Crippen LogP contribution is -1.91. The largest absolute Gasteiger partial charge is 0.300 e. The third-order valence-electron chi connectivity index (χ3n) is 4.02. The van der Waals surface area contributed by atoms with Crippen molar-refractivity contribution in [2.24, 2.45) is 0 Å². The lowest BCUT2D eigenvalue weighted by Gasteiger charge is -2.09. The van der Waals surface area contributed by atoms with Crippen LogP contribution in [0.25, 0.3) is 0 Å². The third-order valence-corrected chi connectivity index (χ3v) is 5.50. The lowest BCUT2D eigenvalue weighted by atomic mass is 10.0. The molecular weight excluding hydrogens is 240 g/mol. The van der Waals surface area contributed by atoms with Gasteiger partial charge in [0.1, 0.15) is 5.78 Å². The van der Waals surface area contributed by atoms with Gasteiger partial charge in [-0.25, -0.2) is 0 Å². The fourth-order valence-electron chi connectivity index (χ4n) is 2.75. The standard InChI is InChI=1S/C16H24OS/c1-3-4-5-6-12(2)15-9-10-16(18-15)13-7-8-14(17)11-13/h9-10,12-13H,3-8,11H2,1-2H3. The molecule has 0 aliphatic heterocycles. The molecule has 1 aliphatic carbocycles. The summed E-state index contributed by atoms with van der Waals surface area (Å²) >= 11 is 1.95. The fourth-order valence-corrected chi connectivity index (χ4v) is 3.98. The first kappa shape index (κ1) is 13.8. The van der Waals surface area contributed by atoms with Gasteiger partial charge in [-0.3, -0.25) is 4.79 Å². The predicted molar refractivity (Wildman–Crippen MR) is 78.5 cm³/mol. The normalized spacial score (nSPS) is 21.4. The predicted octanol–water partition coefficient (Wildman–Crippen LogP) is 5.27. The van der Waals surface area contributed by atoms with E-state index in [0.717, 1.165) is 19.3 Å². The van der Waals surface area contributed by atoms with Crippen LogP contribution in [-0.4, -0.2) is 5.78 Å². The van der Waals surface area contributed by atoms with Crippen molar-refractivity contribution in [1.82, 2.24) is 0 Å². The Bertz CT molecular complexity index is 394. The summed E-state index contributed by atoms with van der Waals surface area (Å²) in [6.45, 7) is 4.59. The molecule has 0 aromatic carbocycles. The number of rotatable bonds is 6. The Morgan fingerprint density at radius 3 is 2.89 bits per heavy atom. The summed E-state index contributed by atoms with van der Waals surface area (Å²) in [5.74, 6) is 1.66. The maximum absolute atomic E-state index is 11.3. The van der Waals surface area contributed by atoms with Crippen molar-refractivity contribution < 1.29 is 4.79 Å². The van der Waals surface area contributed by atoms with Crippen molar-refractivity contribution in [2.75, 3.05) is 0 Å². The van der Waals surface area contributed by atoms with Gasteiger partial charge in [-0.1, -0.05) is 33.1 Å². The molecule has 1 aliphatic rings. The van der Waals surface area contributed by atoms with Gasteiger partial charge in [-0.05, 0) is 30.9 Å². The molecule has 2 atom stereocenters. The Balaban J connectivity index is 1.91. The van der Waals surface area contributed by atoms with E-state index in [9.17, 15) is 4.79 Å². The first-order chi connectivity index (χ1) is 8.70. The van der Waals surface area contributed by atoms with E-state index in [1.807, 2.05) is 11.3 Å². The molecule has 18 heavy (non-hydrogen) atoms. The van der Waals surface area contributed by atoms with Crippen molar-refractivity contribution in [3.63, 3.8) is 0 Å². The quantitative estimate of drug-likeness (QED) is 0.640. The first-order valence-corrected chi connectivity index (χ1v) is 8.13. The van der Waals surface area contributed by atoms with Crippen molar-refractivity contribution in [3.05, 3.63) is 21.9 Å². The summed E-state index contributed by atoms with van der Waals surface area (Å²) in [5.41, 5.74) is 0. The van der Waals surface area contributed by atoms with E-state index in [2.05, 4.69) is 26.0 Å². The molecule has 0 saturated heterocycles. The highest BCUT2D eigenvalue weighted by Crippen LogP contribution is 2.38. The number of carbonyl (C=O) groups is 1. The molecular formula is C16H24OS. The summed E-state index contributed by atoms with van der Waals surface area (Å²) < 4.78 is 0. The Kier molecular flexibility index (Phi) is 4.99. The summed E-state index contributed by atoms with van der Waals surface area (Å²) in [4.78, 5) is 14.3. The SMILES string of the molecule is CCCCCC(C)c1ccc(C2CCC(=O)C2)s1. The van der Waals surface area contributed by atoms with Gasteiger partial charge in [-0.15, -0.1) is 11.3 Å². The number of hydrogen-bond donors (Lipinski definition) is 0. The van der Waals surface area contributed by atoms with Gasteiger partial charge in [0, 0.05) is 28.5 Å². The average molecular weight is 264 g/mol. The number of ketones is 1. The van der Waals surface area contributed by atoms with E-state index in [1.165, 1.54) is 35.4 Å². The van der Waals surface area contributed by atoms with Crippen LogP contribution in [0.3, 0.4) is 0 Å². The van der Waals surface area contributed by atoms with Crippen LogP contribution >= 0.6 is 11.3 Å². The van der Waals surface area contributed by atoms with Crippen LogP contribution < -0.4 is 0 Å². The minimum Gasteiger partial charge on any atom is -0.300 e. The van der Waals surface area contributed by atoms with Crippen LogP contribution in [0.15, 0.2) is 12.1 Å². The molecule has 2 heteroatoms. The zero-order chi connectivity index (χ0) is 13.0. The summed E-state index contributed by atoms with van der Waals surface area (Å²) in [7, 11) is 0. The number of hydrogen-bond acceptors (Lipinski definition) is 2. The van der Waals surface area contributed by atoms with Gasteiger partial charge in [0.25, 0.3) is 0 Å². The maximum Gasteiger partial charge on any atom is 0.133 e. The Labute approximate surface area is 115 Å². The van der Waals surface area contributed by atoms with Crippen molar-refractivity contribution in [2.45, 2.75) is 70.6 Å². The van der Waals surface area contributed by atoms with Crippen molar-refractivity contribution in [3.8, 4) is 0 Å². The average Bonchev–Trinajstić information content (AvgIpc) is 2.97. The van der Waals surface area contributed by atoms with Gasteiger partial charge in [0.15, 0.2) is 0 Å². The zero-order valence-corrected chi connectivity index (χ0v) is 12.4. The van der Waals surface area contributed by atoms with E-state index in [1.54, 1.807) is 0 Å². The Morgan fingerprint density at radius 1 is 1.39 bits per heavy atom. The zero-order valence-electron chi connectivity index (χ0n) is 11.6. The van der Waals surface area contributed by atoms with E-state index >= 15 is 0 Å². The smallest absolute Gasteiger partial charge is 0.133 e. The Hall–Kier alpha value is -0.630. The highest BCUT2D eigenvalue weighted by atomic mass is 32.1. The van der Waals surface area contributed by atoms with Gasteiger partial charge in [-0.2, -0.15) is 0 Å². The number of unbranched alkanes of at least 4 members (excludes halogenated alkanes) is 2. The molecule has 2 rings (SSSR count). The first-order valence-electron chi connectivity index (χ1n) is 7.32. The van der Waals surface area contributed by atoms with Gasteiger partial charge < -0.3 is 0 Å². The molecule has 1 aromatic heterocycles. The van der Waals surface area contributed by atoms with Gasteiger partial charge >= 0.3 is 0 Å². The van der Waals surface area contributed by atoms with Crippen LogP contribution in [-0.2, 0) is 4.79 Å². The molecule has 1 aromatic rings. The summed E-state index contributed by atoms with van der Waals surface area (Å²) in [6, 6.07) is 4.55. The van der Waals surface area contributed by atoms with E-state index in [-0.39, 0.29) is 0 Å². The fraction of sp³-hybridized carbons (Fsp3) is 0.688. The molecule has 0 amide bonds. The molecule has 0 bridgehead atoms. The molecule has 1 nitrogen and oxygen atoms in total. The Morgan fingerprint density at radius 2 is 2.22 bits per heavy atom. The topological polar surface area (TPSA) is 17.1 Å². The highest BCUT2D eigenvalue weighted by molar-refractivity contribution is 7.12. The van der Waals surface area contributed by atoms with Crippen molar-refractivity contribution in [1.29, 1.82) is 0 Å². The van der Waals surface area contributed by atoms with Crippen LogP contribution in [0, 0.1) is 0 Å². The van der Waals surface area contributed by atoms with Gasteiger partial charge in [0.05, 0.1) is 0 Å². The van der Waals surface area contributed by atoms with Crippen LogP contribution in [0.2, 0.25) is 0 Å². The lowest BCUT2D eigenvalue weighted by molar-refractivity contribution is -0.117. The minimum atomic E-state index is 0.450. The molecule has 1 heterocycles. The van der Waals surface area contributed by atoms with Gasteiger partial charge in [0.2, 0.25) is 0 Å². The van der Waals surface area contributed by atoms with Crippen LogP contribution in [0.1, 0.15) is 80.4 Å². The number of thiophene rings is 1. The summed E-state index contributed by atoms with van der Waals surface area (Å²) in [6.07, 6.45) is 7.94. The van der Waals surface area contributed by atoms with E-state index in [4.69, 9.17) is 0 Å². The van der Waals surface area contributed by atoms with Crippen LogP contribution in [0.5, 0.6) is 0 Å².